The Morgan fingerprint density at radius 3 is 2.61 bits per heavy atom. The number of amides is 1. The molecule has 122 valence electrons. The van der Waals surface area contributed by atoms with Crippen molar-refractivity contribution < 1.29 is 4.79 Å². The third-order valence-corrected chi connectivity index (χ3v) is 4.35. The van der Waals surface area contributed by atoms with Crippen molar-refractivity contribution in [3.05, 3.63) is 52.2 Å². The van der Waals surface area contributed by atoms with Gasteiger partial charge in [-0.1, -0.05) is 38.1 Å². The SMILES string of the molecule is CC(C)c1ccc([C@@H]2C[C@@H]2NC(=O)Cn2ncn(C)c2=O)cc1. The normalized spacial score (nSPS) is 19.8. The van der Waals surface area contributed by atoms with Crippen molar-refractivity contribution in [2.45, 2.75) is 44.7 Å². The highest BCUT2D eigenvalue weighted by atomic mass is 16.2. The average Bonchev–Trinajstić information content (AvgIpc) is 3.22. The van der Waals surface area contributed by atoms with Crippen LogP contribution in [-0.2, 0) is 18.4 Å². The number of aromatic nitrogens is 3. The topological polar surface area (TPSA) is 68.9 Å². The summed E-state index contributed by atoms with van der Waals surface area (Å²) in [5.41, 5.74) is 2.30. The standard InChI is InChI=1S/C17H22N4O2/c1-11(2)12-4-6-13(7-5-12)14-8-15(14)19-16(22)9-21-17(23)20(3)10-18-21/h4-7,10-11,14-15H,8-9H2,1-3H3,(H,19,22)/t14-,15-/m0/s1. The van der Waals surface area contributed by atoms with E-state index in [-0.39, 0.29) is 24.2 Å². The van der Waals surface area contributed by atoms with Gasteiger partial charge in [0.25, 0.3) is 0 Å². The predicted octanol–water partition coefficient (Wildman–Crippen LogP) is 1.38. The van der Waals surface area contributed by atoms with Crippen molar-refractivity contribution in [1.29, 1.82) is 0 Å². The molecule has 1 aliphatic rings. The number of nitrogens with zero attached hydrogens (tertiary/aromatic N) is 3. The Morgan fingerprint density at radius 2 is 2.04 bits per heavy atom. The van der Waals surface area contributed by atoms with Crippen LogP contribution in [0.1, 0.15) is 43.2 Å². The zero-order valence-corrected chi connectivity index (χ0v) is 13.7. The number of aryl methyl sites for hydroxylation is 1. The van der Waals surface area contributed by atoms with Crippen molar-refractivity contribution in [3.8, 4) is 0 Å². The first kappa shape index (κ1) is 15.5. The molecule has 1 amide bonds. The molecule has 0 radical (unpaired) electrons. The van der Waals surface area contributed by atoms with Gasteiger partial charge < -0.3 is 5.32 Å². The summed E-state index contributed by atoms with van der Waals surface area (Å²) in [6, 6.07) is 8.77. The van der Waals surface area contributed by atoms with Crippen LogP contribution in [0.25, 0.3) is 0 Å². The molecule has 3 rings (SSSR count). The molecule has 0 bridgehead atoms. The fourth-order valence-electron chi connectivity index (χ4n) is 2.77. The minimum Gasteiger partial charge on any atom is -0.351 e. The van der Waals surface area contributed by atoms with Gasteiger partial charge in [0.2, 0.25) is 5.91 Å². The number of benzene rings is 1. The molecule has 1 fully saturated rings. The Bertz CT molecular complexity index is 758. The van der Waals surface area contributed by atoms with Gasteiger partial charge in [0.15, 0.2) is 0 Å². The minimum atomic E-state index is -0.281. The summed E-state index contributed by atoms with van der Waals surface area (Å²) in [5, 5.41) is 6.87. The summed E-state index contributed by atoms with van der Waals surface area (Å²) in [5.74, 6) is 0.730. The molecule has 2 aromatic rings. The minimum absolute atomic E-state index is 0.0326. The van der Waals surface area contributed by atoms with Gasteiger partial charge in [-0.15, -0.1) is 0 Å². The third-order valence-electron chi connectivity index (χ3n) is 4.35. The van der Waals surface area contributed by atoms with Crippen LogP contribution in [0.3, 0.4) is 0 Å². The first-order chi connectivity index (χ1) is 11.0. The molecular formula is C17H22N4O2. The molecule has 0 saturated heterocycles. The fraction of sp³-hybridized carbons (Fsp3) is 0.471. The van der Waals surface area contributed by atoms with Crippen LogP contribution in [0.4, 0.5) is 0 Å². The van der Waals surface area contributed by atoms with Crippen molar-refractivity contribution >= 4 is 5.91 Å². The Labute approximate surface area is 135 Å². The van der Waals surface area contributed by atoms with Crippen molar-refractivity contribution in [2.24, 2.45) is 7.05 Å². The fourth-order valence-corrected chi connectivity index (χ4v) is 2.77. The first-order valence-corrected chi connectivity index (χ1v) is 7.93. The second kappa shape index (κ2) is 6.02. The van der Waals surface area contributed by atoms with E-state index in [2.05, 4.69) is 48.5 Å². The molecule has 0 spiro atoms. The van der Waals surface area contributed by atoms with Gasteiger partial charge in [-0.3, -0.25) is 9.36 Å². The number of carbonyl (C=O) groups excluding carboxylic acids is 1. The molecule has 1 N–H and O–H groups in total. The lowest BCUT2D eigenvalue weighted by Crippen LogP contribution is -2.34. The quantitative estimate of drug-likeness (QED) is 0.906. The highest BCUT2D eigenvalue weighted by molar-refractivity contribution is 5.76. The van der Waals surface area contributed by atoms with E-state index in [0.29, 0.717) is 11.8 Å². The van der Waals surface area contributed by atoms with E-state index in [0.717, 1.165) is 6.42 Å². The molecule has 1 aromatic heterocycles. The zero-order valence-electron chi connectivity index (χ0n) is 13.7. The molecular weight excluding hydrogens is 292 g/mol. The van der Waals surface area contributed by atoms with Crippen LogP contribution in [0.15, 0.2) is 35.4 Å². The lowest BCUT2D eigenvalue weighted by atomic mass is 10.0. The zero-order chi connectivity index (χ0) is 16.6. The van der Waals surface area contributed by atoms with Crippen molar-refractivity contribution in [3.63, 3.8) is 0 Å². The average molecular weight is 314 g/mol. The number of hydrogen-bond acceptors (Lipinski definition) is 3. The van der Waals surface area contributed by atoms with Crippen molar-refractivity contribution in [1.82, 2.24) is 19.7 Å². The first-order valence-electron chi connectivity index (χ1n) is 7.93. The van der Waals surface area contributed by atoms with Gasteiger partial charge in [0, 0.05) is 19.0 Å². The Balaban J connectivity index is 1.55. The molecule has 6 heteroatoms. The molecule has 1 aromatic carbocycles. The molecule has 0 aliphatic heterocycles. The number of carbonyl (C=O) groups is 1. The van der Waals surface area contributed by atoms with Gasteiger partial charge in [0.05, 0.1) is 0 Å². The molecule has 1 saturated carbocycles. The number of rotatable bonds is 5. The van der Waals surface area contributed by atoms with Crippen LogP contribution in [-0.4, -0.2) is 26.3 Å². The molecule has 2 atom stereocenters. The second-order valence-corrected chi connectivity index (χ2v) is 6.52. The van der Waals surface area contributed by atoms with E-state index in [1.807, 2.05) is 0 Å². The number of nitrogens with one attached hydrogen (secondary N) is 1. The maximum Gasteiger partial charge on any atom is 0.345 e. The van der Waals surface area contributed by atoms with E-state index in [1.54, 1.807) is 7.05 Å². The largest absolute Gasteiger partial charge is 0.351 e. The lowest BCUT2D eigenvalue weighted by molar-refractivity contribution is -0.122. The number of hydrogen-bond donors (Lipinski definition) is 1. The Kier molecular flexibility index (Phi) is 4.07. The van der Waals surface area contributed by atoms with Crippen molar-refractivity contribution in [2.75, 3.05) is 0 Å². The van der Waals surface area contributed by atoms with Crippen LogP contribution in [0.5, 0.6) is 0 Å². The monoisotopic (exact) mass is 314 g/mol. The summed E-state index contributed by atoms with van der Waals surface area (Å²) in [6.45, 7) is 4.32. The van der Waals surface area contributed by atoms with E-state index < -0.39 is 0 Å². The predicted molar refractivity (Wildman–Crippen MR) is 87.3 cm³/mol. The highest BCUT2D eigenvalue weighted by Crippen LogP contribution is 2.41. The second-order valence-electron chi connectivity index (χ2n) is 6.52. The molecule has 6 nitrogen and oxygen atoms in total. The molecule has 1 heterocycles. The summed E-state index contributed by atoms with van der Waals surface area (Å²) < 4.78 is 2.52. The summed E-state index contributed by atoms with van der Waals surface area (Å²) in [6.07, 6.45) is 2.36. The van der Waals surface area contributed by atoms with Gasteiger partial charge >= 0.3 is 5.69 Å². The van der Waals surface area contributed by atoms with Crippen LogP contribution in [0.2, 0.25) is 0 Å². The maximum absolute atomic E-state index is 12.0. The highest BCUT2D eigenvalue weighted by Gasteiger charge is 2.39. The molecule has 0 unspecified atom stereocenters. The Morgan fingerprint density at radius 1 is 1.35 bits per heavy atom. The molecule has 1 aliphatic carbocycles. The van der Waals surface area contributed by atoms with Gasteiger partial charge in [-0.05, 0) is 23.5 Å². The maximum atomic E-state index is 12.0. The third kappa shape index (κ3) is 3.36. The Hall–Kier alpha value is -2.37. The van der Waals surface area contributed by atoms with E-state index in [4.69, 9.17) is 0 Å². The van der Waals surface area contributed by atoms with Gasteiger partial charge in [-0.2, -0.15) is 5.10 Å². The van der Waals surface area contributed by atoms with Crippen LogP contribution in [0, 0.1) is 0 Å². The van der Waals surface area contributed by atoms with Gasteiger partial charge in [0.1, 0.15) is 12.9 Å². The van der Waals surface area contributed by atoms with E-state index in [9.17, 15) is 9.59 Å². The van der Waals surface area contributed by atoms with Crippen LogP contribution >= 0.6 is 0 Å². The molecule has 23 heavy (non-hydrogen) atoms. The lowest BCUT2D eigenvalue weighted by Gasteiger charge is -2.07. The van der Waals surface area contributed by atoms with E-state index >= 15 is 0 Å². The van der Waals surface area contributed by atoms with Crippen LogP contribution < -0.4 is 11.0 Å². The summed E-state index contributed by atoms with van der Waals surface area (Å²) in [7, 11) is 1.61. The smallest absolute Gasteiger partial charge is 0.345 e. The summed E-state index contributed by atoms with van der Waals surface area (Å²) >= 11 is 0. The van der Waals surface area contributed by atoms with Gasteiger partial charge in [-0.25, -0.2) is 9.48 Å². The van der Waals surface area contributed by atoms with E-state index in [1.165, 1.54) is 26.7 Å². The summed E-state index contributed by atoms with van der Waals surface area (Å²) in [4.78, 5) is 23.7.